The summed E-state index contributed by atoms with van der Waals surface area (Å²) in [5, 5.41) is 2.91. The van der Waals surface area contributed by atoms with Crippen LogP contribution >= 0.6 is 0 Å². The van der Waals surface area contributed by atoms with Gasteiger partial charge in [-0.2, -0.15) is 0 Å². The highest BCUT2D eigenvalue weighted by Crippen LogP contribution is 2.18. The van der Waals surface area contributed by atoms with E-state index in [1.807, 2.05) is 56.0 Å². The summed E-state index contributed by atoms with van der Waals surface area (Å²) in [5.74, 6) is -1.16. The minimum Gasteiger partial charge on any atom is -0.447 e. The summed E-state index contributed by atoms with van der Waals surface area (Å²) in [6, 6.07) is 13.1. The van der Waals surface area contributed by atoms with Crippen LogP contribution in [0.4, 0.5) is 8.78 Å². The van der Waals surface area contributed by atoms with Crippen LogP contribution < -0.4 is 5.32 Å². The third-order valence-corrected chi connectivity index (χ3v) is 5.37. The average molecular weight is 427 g/mol. The van der Waals surface area contributed by atoms with Crippen molar-refractivity contribution in [3.8, 4) is 0 Å². The Morgan fingerprint density at radius 2 is 1.87 bits per heavy atom. The van der Waals surface area contributed by atoms with Gasteiger partial charge in [-0.3, -0.25) is 9.69 Å². The molecule has 1 amide bonds. The van der Waals surface area contributed by atoms with E-state index in [0.29, 0.717) is 18.0 Å². The number of aromatic nitrogens is 1. The predicted octanol–water partition coefficient (Wildman–Crippen LogP) is 5.24. The van der Waals surface area contributed by atoms with Crippen molar-refractivity contribution in [2.45, 2.75) is 52.4 Å². The van der Waals surface area contributed by atoms with Crippen molar-refractivity contribution < 1.29 is 18.0 Å². The maximum absolute atomic E-state index is 14.1. The lowest BCUT2D eigenvalue weighted by Gasteiger charge is -2.27. The van der Waals surface area contributed by atoms with Gasteiger partial charge >= 0.3 is 0 Å². The van der Waals surface area contributed by atoms with Crippen molar-refractivity contribution in [2.75, 3.05) is 0 Å². The lowest BCUT2D eigenvalue weighted by atomic mass is 10.1. The molecule has 2 aromatic carbocycles. The molecule has 0 aliphatic rings. The second kappa shape index (κ2) is 10.3. The van der Waals surface area contributed by atoms with Gasteiger partial charge < -0.3 is 9.73 Å². The SMILES string of the molecule is CCC(C)N(Cc1nc(C(=O)NC(C)c2ccccc2)co1)Cc1ccc(F)cc1F. The van der Waals surface area contributed by atoms with Gasteiger partial charge in [0, 0.05) is 24.2 Å². The number of hydrogen-bond acceptors (Lipinski definition) is 4. The number of carbonyl (C=O) groups is 1. The van der Waals surface area contributed by atoms with E-state index in [0.717, 1.165) is 18.1 Å². The fraction of sp³-hybridized carbons (Fsp3) is 0.333. The molecule has 0 radical (unpaired) electrons. The highest BCUT2D eigenvalue weighted by molar-refractivity contribution is 5.92. The lowest BCUT2D eigenvalue weighted by Crippen LogP contribution is -2.32. The predicted molar refractivity (Wildman–Crippen MR) is 114 cm³/mol. The fourth-order valence-corrected chi connectivity index (χ4v) is 3.25. The van der Waals surface area contributed by atoms with Gasteiger partial charge in [0.15, 0.2) is 5.69 Å². The van der Waals surface area contributed by atoms with E-state index in [1.165, 1.54) is 18.4 Å². The van der Waals surface area contributed by atoms with Crippen LogP contribution in [-0.4, -0.2) is 21.8 Å². The van der Waals surface area contributed by atoms with E-state index in [-0.39, 0.29) is 30.2 Å². The van der Waals surface area contributed by atoms with Gasteiger partial charge in [-0.05, 0) is 31.9 Å². The van der Waals surface area contributed by atoms with Crippen LogP contribution in [0.5, 0.6) is 0 Å². The summed E-state index contributed by atoms with van der Waals surface area (Å²) in [4.78, 5) is 18.9. The molecule has 0 aliphatic heterocycles. The highest BCUT2D eigenvalue weighted by Gasteiger charge is 2.20. The summed E-state index contributed by atoms with van der Waals surface area (Å²) in [6.07, 6.45) is 2.15. The average Bonchev–Trinajstić information content (AvgIpc) is 3.23. The molecule has 0 bridgehead atoms. The molecule has 2 unspecified atom stereocenters. The summed E-state index contributed by atoms with van der Waals surface area (Å²) in [7, 11) is 0. The highest BCUT2D eigenvalue weighted by atomic mass is 19.1. The van der Waals surface area contributed by atoms with E-state index in [1.54, 1.807) is 0 Å². The second-order valence-corrected chi connectivity index (χ2v) is 7.63. The van der Waals surface area contributed by atoms with Gasteiger partial charge in [0.2, 0.25) is 5.89 Å². The molecular weight excluding hydrogens is 400 g/mol. The third-order valence-electron chi connectivity index (χ3n) is 5.37. The van der Waals surface area contributed by atoms with Crippen LogP contribution in [0.25, 0.3) is 0 Å². The Hall–Kier alpha value is -3.06. The maximum Gasteiger partial charge on any atom is 0.273 e. The Labute approximate surface area is 181 Å². The van der Waals surface area contributed by atoms with Crippen molar-refractivity contribution in [3.05, 3.63) is 89.1 Å². The Balaban J connectivity index is 1.68. The smallest absolute Gasteiger partial charge is 0.273 e. The van der Waals surface area contributed by atoms with Gasteiger partial charge in [0.25, 0.3) is 5.91 Å². The Morgan fingerprint density at radius 1 is 1.13 bits per heavy atom. The number of carbonyl (C=O) groups excluding carboxylic acids is 1. The van der Waals surface area contributed by atoms with Crippen LogP contribution in [0.2, 0.25) is 0 Å². The Morgan fingerprint density at radius 3 is 2.55 bits per heavy atom. The van der Waals surface area contributed by atoms with E-state index in [4.69, 9.17) is 4.42 Å². The number of oxazole rings is 1. The molecule has 164 valence electrons. The minimum atomic E-state index is -0.607. The molecular formula is C24H27F2N3O2. The van der Waals surface area contributed by atoms with E-state index < -0.39 is 11.6 Å². The van der Waals surface area contributed by atoms with E-state index in [9.17, 15) is 13.6 Å². The molecule has 0 aliphatic carbocycles. The van der Waals surface area contributed by atoms with Crippen LogP contribution in [0.3, 0.4) is 0 Å². The first-order valence-electron chi connectivity index (χ1n) is 10.4. The van der Waals surface area contributed by atoms with E-state index >= 15 is 0 Å². The van der Waals surface area contributed by atoms with Gasteiger partial charge in [0.1, 0.15) is 17.9 Å². The summed E-state index contributed by atoms with van der Waals surface area (Å²) in [5.41, 5.74) is 1.57. The van der Waals surface area contributed by atoms with Crippen LogP contribution in [0, 0.1) is 11.6 Å². The number of halogens is 2. The van der Waals surface area contributed by atoms with Gasteiger partial charge in [-0.1, -0.05) is 43.3 Å². The number of rotatable bonds is 9. The molecule has 0 saturated heterocycles. The molecule has 0 saturated carbocycles. The monoisotopic (exact) mass is 427 g/mol. The lowest BCUT2D eigenvalue weighted by molar-refractivity contribution is 0.0934. The summed E-state index contributed by atoms with van der Waals surface area (Å²) in [6.45, 7) is 6.51. The first-order chi connectivity index (χ1) is 14.9. The van der Waals surface area contributed by atoms with Gasteiger partial charge in [-0.25, -0.2) is 13.8 Å². The second-order valence-electron chi connectivity index (χ2n) is 7.63. The first kappa shape index (κ1) is 22.6. The zero-order valence-electron chi connectivity index (χ0n) is 17.9. The van der Waals surface area contributed by atoms with Crippen LogP contribution in [-0.2, 0) is 13.1 Å². The zero-order chi connectivity index (χ0) is 22.4. The van der Waals surface area contributed by atoms with Crippen LogP contribution in [0.15, 0.2) is 59.2 Å². The third kappa shape index (κ3) is 5.98. The number of nitrogens with one attached hydrogen (secondary N) is 1. The molecule has 3 rings (SSSR count). The van der Waals surface area contributed by atoms with Gasteiger partial charge in [0.05, 0.1) is 12.6 Å². The van der Waals surface area contributed by atoms with Crippen molar-refractivity contribution in [2.24, 2.45) is 0 Å². The number of hydrogen-bond donors (Lipinski definition) is 1. The number of amides is 1. The van der Waals surface area contributed by atoms with Crippen LogP contribution in [0.1, 0.15) is 60.7 Å². The Bertz CT molecular complexity index is 1010. The summed E-state index contributed by atoms with van der Waals surface area (Å²) < 4.78 is 32.9. The molecule has 2 atom stereocenters. The molecule has 3 aromatic rings. The van der Waals surface area contributed by atoms with Crippen molar-refractivity contribution in [3.63, 3.8) is 0 Å². The summed E-state index contributed by atoms with van der Waals surface area (Å²) >= 11 is 0. The largest absolute Gasteiger partial charge is 0.447 e. The van der Waals surface area contributed by atoms with Crippen molar-refractivity contribution >= 4 is 5.91 Å². The standard InChI is InChI=1S/C24H27F2N3O2/c1-4-16(2)29(13-19-10-11-20(25)12-21(19)26)14-23-28-22(15-31-23)24(30)27-17(3)18-8-6-5-7-9-18/h5-12,15-17H,4,13-14H2,1-3H3,(H,27,30). The molecule has 7 heteroatoms. The minimum absolute atomic E-state index is 0.103. The van der Waals surface area contributed by atoms with E-state index in [2.05, 4.69) is 10.3 Å². The molecule has 0 fully saturated rings. The molecule has 31 heavy (non-hydrogen) atoms. The molecule has 0 spiro atoms. The molecule has 1 heterocycles. The van der Waals surface area contributed by atoms with Crippen molar-refractivity contribution in [1.82, 2.24) is 15.2 Å². The zero-order valence-corrected chi connectivity index (χ0v) is 17.9. The number of benzene rings is 2. The fourth-order valence-electron chi connectivity index (χ4n) is 3.25. The molecule has 5 nitrogen and oxygen atoms in total. The normalized spacial score (nSPS) is 13.2. The first-order valence-corrected chi connectivity index (χ1v) is 10.4. The molecule has 1 N–H and O–H groups in total. The topological polar surface area (TPSA) is 58.4 Å². The number of nitrogens with zero attached hydrogens (tertiary/aromatic N) is 2. The van der Waals surface area contributed by atoms with Gasteiger partial charge in [-0.15, -0.1) is 0 Å². The quantitative estimate of drug-likeness (QED) is 0.507. The molecule has 1 aromatic heterocycles. The van der Waals surface area contributed by atoms with Crippen molar-refractivity contribution in [1.29, 1.82) is 0 Å². The Kier molecular flexibility index (Phi) is 7.52. The maximum atomic E-state index is 14.1.